The largest absolute Gasteiger partial charge is 0.379 e. The third-order valence-electron chi connectivity index (χ3n) is 4.47. The second-order valence-electron chi connectivity index (χ2n) is 6.32. The fraction of sp³-hybridized carbons (Fsp3) is 0.611. The van der Waals surface area contributed by atoms with Crippen LogP contribution in [-0.2, 0) is 20.7 Å². The van der Waals surface area contributed by atoms with E-state index in [0.717, 1.165) is 44.8 Å². The average Bonchev–Trinajstić information content (AvgIpc) is 2.64. The summed E-state index contributed by atoms with van der Waals surface area (Å²) in [5.41, 5.74) is 1.14. The van der Waals surface area contributed by atoms with Crippen molar-refractivity contribution in [3.63, 3.8) is 0 Å². The van der Waals surface area contributed by atoms with E-state index in [9.17, 15) is 9.59 Å². The zero-order valence-electron chi connectivity index (χ0n) is 15.2. The molecule has 1 aromatic heterocycles. The van der Waals surface area contributed by atoms with Crippen molar-refractivity contribution in [1.82, 2.24) is 19.7 Å². The number of aromatic nitrogens is 1. The van der Waals surface area contributed by atoms with Crippen LogP contribution in [0.3, 0.4) is 0 Å². The molecule has 25 heavy (non-hydrogen) atoms. The summed E-state index contributed by atoms with van der Waals surface area (Å²) in [4.78, 5) is 33.8. The molecule has 0 bridgehead atoms. The number of pyridine rings is 1. The van der Waals surface area contributed by atoms with Crippen LogP contribution in [0.2, 0.25) is 0 Å². The Kier molecular flexibility index (Phi) is 7.81. The third-order valence-corrected chi connectivity index (χ3v) is 4.47. The first kappa shape index (κ1) is 19.3. The number of morpholine rings is 1. The van der Waals surface area contributed by atoms with Gasteiger partial charge in [-0.2, -0.15) is 0 Å². The molecule has 0 radical (unpaired) electrons. The molecule has 1 aliphatic heterocycles. The minimum atomic E-state index is -0.0656. The number of rotatable bonds is 8. The molecule has 0 aliphatic carbocycles. The summed E-state index contributed by atoms with van der Waals surface area (Å²) in [6, 6.07) is 3.89. The molecule has 2 heterocycles. The number of likely N-dealkylation sites (N-methyl/N-ethyl adjacent to an activating group) is 1. The van der Waals surface area contributed by atoms with Gasteiger partial charge < -0.3 is 14.5 Å². The number of carbonyl (C=O) groups is 2. The molecular weight excluding hydrogens is 320 g/mol. The van der Waals surface area contributed by atoms with Gasteiger partial charge >= 0.3 is 0 Å². The van der Waals surface area contributed by atoms with Crippen LogP contribution < -0.4 is 0 Å². The first-order valence-electron chi connectivity index (χ1n) is 8.74. The van der Waals surface area contributed by atoms with Crippen LogP contribution in [0.15, 0.2) is 24.5 Å². The minimum Gasteiger partial charge on any atom is -0.379 e. The lowest BCUT2D eigenvalue weighted by atomic mass is 10.2. The number of nitrogens with zero attached hydrogens (tertiary/aromatic N) is 4. The molecule has 2 rings (SSSR count). The highest BCUT2D eigenvalue weighted by molar-refractivity contribution is 5.83. The number of amides is 2. The van der Waals surface area contributed by atoms with E-state index >= 15 is 0 Å². The summed E-state index contributed by atoms with van der Waals surface area (Å²) in [6.07, 6.45) is 4.28. The fourth-order valence-corrected chi connectivity index (χ4v) is 2.69. The van der Waals surface area contributed by atoms with Gasteiger partial charge in [0, 0.05) is 59.1 Å². The highest BCUT2D eigenvalue weighted by atomic mass is 16.5. The lowest BCUT2D eigenvalue weighted by molar-refractivity contribution is -0.138. The van der Waals surface area contributed by atoms with Crippen LogP contribution in [0.4, 0.5) is 0 Å². The highest BCUT2D eigenvalue weighted by Gasteiger charge is 2.18. The lowest BCUT2D eigenvalue weighted by Gasteiger charge is -2.30. The van der Waals surface area contributed by atoms with Gasteiger partial charge in [0.15, 0.2) is 0 Å². The third kappa shape index (κ3) is 6.80. The van der Waals surface area contributed by atoms with Crippen molar-refractivity contribution >= 4 is 11.8 Å². The van der Waals surface area contributed by atoms with E-state index in [-0.39, 0.29) is 18.4 Å². The smallest absolute Gasteiger partial charge is 0.241 e. The van der Waals surface area contributed by atoms with Gasteiger partial charge in [0.1, 0.15) is 0 Å². The molecule has 0 N–H and O–H groups in total. The standard InChI is InChI=1S/C18H28N4O3/c1-16(23)22(10-9-21-11-13-25-14-12-21)15-18(24)20(2)8-5-17-3-6-19-7-4-17/h3-4,6-7H,5,8-15H2,1-2H3. The average molecular weight is 348 g/mol. The molecular formula is C18H28N4O3. The Labute approximate surface area is 149 Å². The lowest BCUT2D eigenvalue weighted by Crippen LogP contribution is -2.46. The normalized spacial score (nSPS) is 15.0. The zero-order valence-corrected chi connectivity index (χ0v) is 15.2. The Balaban J connectivity index is 1.76. The Morgan fingerprint density at radius 2 is 1.88 bits per heavy atom. The number of hydrogen-bond acceptors (Lipinski definition) is 5. The van der Waals surface area contributed by atoms with Crippen LogP contribution in [0.5, 0.6) is 0 Å². The van der Waals surface area contributed by atoms with Crippen molar-refractivity contribution in [2.75, 3.05) is 59.5 Å². The van der Waals surface area contributed by atoms with E-state index in [2.05, 4.69) is 9.88 Å². The highest BCUT2D eigenvalue weighted by Crippen LogP contribution is 2.02. The second kappa shape index (κ2) is 10.1. The molecule has 0 unspecified atom stereocenters. The number of carbonyl (C=O) groups excluding carboxylic acids is 2. The second-order valence-corrected chi connectivity index (χ2v) is 6.32. The number of ether oxygens (including phenoxy) is 1. The van der Waals surface area contributed by atoms with Gasteiger partial charge in [0.05, 0.1) is 19.8 Å². The van der Waals surface area contributed by atoms with E-state index < -0.39 is 0 Å². The van der Waals surface area contributed by atoms with E-state index in [0.29, 0.717) is 13.1 Å². The van der Waals surface area contributed by atoms with E-state index in [1.54, 1.807) is 29.2 Å². The van der Waals surface area contributed by atoms with Crippen LogP contribution in [0.1, 0.15) is 12.5 Å². The van der Waals surface area contributed by atoms with Crippen molar-refractivity contribution in [2.45, 2.75) is 13.3 Å². The summed E-state index contributed by atoms with van der Waals surface area (Å²) >= 11 is 0. The Morgan fingerprint density at radius 3 is 2.52 bits per heavy atom. The summed E-state index contributed by atoms with van der Waals surface area (Å²) in [6.45, 7) is 6.84. The van der Waals surface area contributed by atoms with Crippen molar-refractivity contribution < 1.29 is 14.3 Å². The maximum absolute atomic E-state index is 12.4. The first-order chi connectivity index (χ1) is 12.1. The summed E-state index contributed by atoms with van der Waals surface area (Å²) in [5.74, 6) is -0.102. The first-order valence-corrected chi connectivity index (χ1v) is 8.74. The molecule has 0 atom stereocenters. The van der Waals surface area contributed by atoms with Crippen LogP contribution >= 0.6 is 0 Å². The van der Waals surface area contributed by atoms with Crippen LogP contribution in [-0.4, -0.2) is 91.0 Å². The molecule has 1 fully saturated rings. The van der Waals surface area contributed by atoms with Crippen molar-refractivity contribution in [3.8, 4) is 0 Å². The van der Waals surface area contributed by atoms with Gasteiger partial charge in [0.2, 0.25) is 11.8 Å². The van der Waals surface area contributed by atoms with Crippen LogP contribution in [0.25, 0.3) is 0 Å². The monoisotopic (exact) mass is 348 g/mol. The van der Waals surface area contributed by atoms with E-state index in [4.69, 9.17) is 4.74 Å². The van der Waals surface area contributed by atoms with Gasteiger partial charge in [0.25, 0.3) is 0 Å². The maximum atomic E-state index is 12.4. The summed E-state index contributed by atoms with van der Waals surface area (Å²) < 4.78 is 5.33. The molecule has 1 saturated heterocycles. The molecule has 7 heteroatoms. The molecule has 1 aromatic rings. The quantitative estimate of drug-likeness (QED) is 0.674. The van der Waals surface area contributed by atoms with Crippen molar-refractivity contribution in [2.24, 2.45) is 0 Å². The van der Waals surface area contributed by atoms with Gasteiger partial charge in [-0.05, 0) is 24.1 Å². The topological polar surface area (TPSA) is 66.0 Å². The molecule has 7 nitrogen and oxygen atoms in total. The van der Waals surface area contributed by atoms with Crippen molar-refractivity contribution in [3.05, 3.63) is 30.1 Å². The van der Waals surface area contributed by atoms with E-state index in [1.807, 2.05) is 12.1 Å². The Bertz CT molecular complexity index is 547. The van der Waals surface area contributed by atoms with Gasteiger partial charge in [-0.15, -0.1) is 0 Å². The molecule has 0 aromatic carbocycles. The van der Waals surface area contributed by atoms with Crippen LogP contribution in [0, 0.1) is 0 Å². The Morgan fingerprint density at radius 1 is 1.20 bits per heavy atom. The van der Waals surface area contributed by atoms with E-state index in [1.165, 1.54) is 6.92 Å². The van der Waals surface area contributed by atoms with Gasteiger partial charge in [-0.1, -0.05) is 0 Å². The maximum Gasteiger partial charge on any atom is 0.241 e. The van der Waals surface area contributed by atoms with Gasteiger partial charge in [-0.3, -0.25) is 19.5 Å². The fourth-order valence-electron chi connectivity index (χ4n) is 2.69. The molecule has 1 aliphatic rings. The summed E-state index contributed by atoms with van der Waals surface area (Å²) in [5, 5.41) is 0. The molecule has 2 amide bonds. The zero-order chi connectivity index (χ0) is 18.1. The van der Waals surface area contributed by atoms with Gasteiger partial charge in [-0.25, -0.2) is 0 Å². The predicted molar refractivity (Wildman–Crippen MR) is 95.1 cm³/mol. The Hall–Kier alpha value is -1.99. The number of hydrogen-bond donors (Lipinski definition) is 0. The molecule has 138 valence electrons. The summed E-state index contributed by atoms with van der Waals surface area (Å²) in [7, 11) is 1.78. The predicted octanol–water partition coefficient (Wildman–Crippen LogP) is 0.263. The molecule has 0 saturated carbocycles. The van der Waals surface area contributed by atoms with Crippen molar-refractivity contribution in [1.29, 1.82) is 0 Å². The SMILES string of the molecule is CC(=O)N(CCN1CCOCC1)CC(=O)N(C)CCc1ccncc1. The molecule has 0 spiro atoms. The minimum absolute atomic E-state index is 0.0359.